The van der Waals surface area contributed by atoms with Gasteiger partial charge in [0.15, 0.2) is 0 Å². The molecule has 0 saturated carbocycles. The second-order valence-corrected chi connectivity index (χ2v) is 11.9. The van der Waals surface area contributed by atoms with E-state index in [9.17, 15) is 0 Å². The molecule has 11 rings (SSSR count). The molecule has 0 heterocycles. The predicted molar refractivity (Wildman–Crippen MR) is 171 cm³/mol. The highest BCUT2D eigenvalue weighted by atomic mass is 14.4. The molecule has 0 N–H and O–H groups in total. The Morgan fingerprint density at radius 2 is 1.10 bits per heavy atom. The van der Waals surface area contributed by atoms with Gasteiger partial charge in [0.2, 0.25) is 0 Å². The number of rotatable bonds is 0. The molecule has 0 radical (unpaired) electrons. The summed E-state index contributed by atoms with van der Waals surface area (Å²) in [4.78, 5) is 0. The van der Waals surface area contributed by atoms with E-state index >= 15 is 0 Å². The normalized spacial score (nSPS) is 18.8. The average Bonchev–Trinajstić information content (AvgIpc) is 3.01. The summed E-state index contributed by atoms with van der Waals surface area (Å²) in [5, 5.41) is 18.0. The van der Waals surface area contributed by atoms with E-state index in [2.05, 4.69) is 121 Å². The molecular weight excluding hydrogens is 480 g/mol. The van der Waals surface area contributed by atoms with Crippen molar-refractivity contribution in [3.05, 3.63) is 137 Å². The minimum atomic E-state index is 0.336. The van der Waals surface area contributed by atoms with E-state index in [0.29, 0.717) is 11.8 Å². The van der Waals surface area contributed by atoms with Gasteiger partial charge in [0, 0.05) is 11.8 Å². The van der Waals surface area contributed by atoms with Gasteiger partial charge in [-0.05, 0) is 97.7 Å². The minimum absolute atomic E-state index is 0.336. The Morgan fingerprint density at radius 1 is 0.475 bits per heavy atom. The highest BCUT2D eigenvalue weighted by molar-refractivity contribution is 6.34. The van der Waals surface area contributed by atoms with Gasteiger partial charge < -0.3 is 0 Å². The van der Waals surface area contributed by atoms with E-state index in [0.717, 1.165) is 0 Å². The smallest absolute Gasteiger partial charge is 0.0212 e. The summed E-state index contributed by atoms with van der Waals surface area (Å²) in [6.07, 6.45) is 9.81. The molecule has 8 aromatic carbocycles. The first-order valence-electron chi connectivity index (χ1n) is 14.4. The Kier molecular flexibility index (Phi) is 3.31. The molecule has 182 valence electrons. The number of benzene rings is 8. The zero-order valence-electron chi connectivity index (χ0n) is 21.7. The molecule has 3 aliphatic rings. The molecule has 0 heteroatoms. The lowest BCUT2D eigenvalue weighted by atomic mass is 9.62. The van der Waals surface area contributed by atoms with E-state index < -0.39 is 0 Å². The number of hydrogen-bond acceptors (Lipinski definition) is 0. The molecule has 0 aliphatic heterocycles. The van der Waals surface area contributed by atoms with Crippen LogP contribution in [0.4, 0.5) is 0 Å². The third-order valence-corrected chi connectivity index (χ3v) is 10.3. The third-order valence-electron chi connectivity index (χ3n) is 10.3. The van der Waals surface area contributed by atoms with Crippen molar-refractivity contribution in [3.8, 4) is 0 Å². The standard InChI is InChI=1S/C40H22/c1-5-21-6-2-10-24-28-14-18-32-34-20-16-30-26-12-4-8-22-7-3-11-25(36(22)26)29-15-19-33(40(34)38(29)30)31-17-13-27(37(28)39(31)32)23(9-1)35(21)24/h1-20,31,39H/t31-,39+/m1/s1. The van der Waals surface area contributed by atoms with Crippen LogP contribution in [0.1, 0.15) is 34.1 Å². The third kappa shape index (κ3) is 2.10. The van der Waals surface area contributed by atoms with Crippen LogP contribution in [0.15, 0.2) is 109 Å². The topological polar surface area (TPSA) is 0 Å². The Morgan fingerprint density at radius 3 is 1.85 bits per heavy atom. The molecule has 3 aliphatic carbocycles. The maximum atomic E-state index is 2.51. The predicted octanol–water partition coefficient (Wildman–Crippen LogP) is 9.85. The zero-order chi connectivity index (χ0) is 25.7. The highest BCUT2D eigenvalue weighted by Crippen LogP contribution is 2.57. The molecule has 0 nitrogen and oxygen atoms in total. The van der Waals surface area contributed by atoms with Crippen molar-refractivity contribution in [2.45, 2.75) is 11.8 Å². The maximum Gasteiger partial charge on any atom is 0.0212 e. The minimum Gasteiger partial charge on any atom is -0.0754 e. The van der Waals surface area contributed by atoms with Gasteiger partial charge in [0.1, 0.15) is 0 Å². The summed E-state index contributed by atoms with van der Waals surface area (Å²) in [7, 11) is 0. The molecule has 40 heavy (non-hydrogen) atoms. The average molecular weight is 503 g/mol. The van der Waals surface area contributed by atoms with Gasteiger partial charge in [0.05, 0.1) is 0 Å². The van der Waals surface area contributed by atoms with E-state index in [-0.39, 0.29) is 0 Å². The van der Waals surface area contributed by atoms with Crippen LogP contribution in [-0.4, -0.2) is 0 Å². The molecule has 0 unspecified atom stereocenters. The molecule has 0 amide bonds. The number of fused-ring (bicyclic) bond motifs is 6. The SMILES string of the molecule is C1=C[C@@H]2c3ccc4c5cccc6cccc(c7ccc(c3c74)C3=CC=c4c(c1c1cccc7cccc4c71)[C@H]32)c65. The summed E-state index contributed by atoms with van der Waals surface area (Å²) in [5.41, 5.74) is 7.30. The largest absolute Gasteiger partial charge is 0.0754 e. The van der Waals surface area contributed by atoms with Crippen molar-refractivity contribution in [3.63, 3.8) is 0 Å². The summed E-state index contributed by atoms with van der Waals surface area (Å²) < 4.78 is 0. The molecule has 0 spiro atoms. The number of hydrogen-bond donors (Lipinski definition) is 0. The summed E-state index contributed by atoms with van der Waals surface area (Å²) in [6, 6.07) is 36.9. The van der Waals surface area contributed by atoms with Gasteiger partial charge in [0.25, 0.3) is 0 Å². The van der Waals surface area contributed by atoms with Crippen molar-refractivity contribution in [1.29, 1.82) is 0 Å². The number of allylic oxidation sites excluding steroid dienone is 3. The summed E-state index contributed by atoms with van der Waals surface area (Å²) in [6.45, 7) is 0. The van der Waals surface area contributed by atoms with E-state index in [4.69, 9.17) is 0 Å². The Labute approximate surface area is 230 Å². The van der Waals surface area contributed by atoms with Crippen LogP contribution >= 0.6 is 0 Å². The van der Waals surface area contributed by atoms with Crippen LogP contribution < -0.4 is 5.22 Å². The van der Waals surface area contributed by atoms with Gasteiger partial charge >= 0.3 is 0 Å². The highest BCUT2D eigenvalue weighted by Gasteiger charge is 2.39. The molecule has 8 aromatic rings. The Balaban J connectivity index is 1.33. The van der Waals surface area contributed by atoms with Gasteiger partial charge in [-0.1, -0.05) is 121 Å². The van der Waals surface area contributed by atoms with Crippen molar-refractivity contribution in [1.82, 2.24) is 0 Å². The molecule has 0 bridgehead atoms. The summed E-state index contributed by atoms with van der Waals surface area (Å²) >= 11 is 0. The van der Waals surface area contributed by atoms with Crippen LogP contribution in [0.5, 0.6) is 0 Å². The van der Waals surface area contributed by atoms with Gasteiger partial charge in [-0.2, -0.15) is 0 Å². The lowest BCUT2D eigenvalue weighted by molar-refractivity contribution is 0.738. The van der Waals surface area contributed by atoms with Crippen LogP contribution in [-0.2, 0) is 0 Å². The molecule has 2 atom stereocenters. The monoisotopic (exact) mass is 502 g/mol. The van der Waals surface area contributed by atoms with Crippen molar-refractivity contribution >= 4 is 82.4 Å². The first kappa shape index (κ1) is 20.0. The fourth-order valence-corrected chi connectivity index (χ4v) is 8.86. The first-order chi connectivity index (χ1) is 19.9. The molecule has 0 fully saturated rings. The Hall–Kier alpha value is -4.94. The Bertz CT molecular complexity index is 2540. The second-order valence-electron chi connectivity index (χ2n) is 11.9. The van der Waals surface area contributed by atoms with E-state index in [1.807, 2.05) is 0 Å². The summed E-state index contributed by atoms with van der Waals surface area (Å²) in [5.74, 6) is 0.678. The first-order valence-corrected chi connectivity index (χ1v) is 14.4. The zero-order valence-corrected chi connectivity index (χ0v) is 21.7. The van der Waals surface area contributed by atoms with E-state index in [1.165, 1.54) is 97.7 Å². The van der Waals surface area contributed by atoms with Crippen molar-refractivity contribution in [2.75, 3.05) is 0 Å². The van der Waals surface area contributed by atoms with Gasteiger partial charge in [-0.3, -0.25) is 0 Å². The molecule has 0 aromatic heterocycles. The molecular formula is C40H22. The van der Waals surface area contributed by atoms with E-state index in [1.54, 1.807) is 0 Å². The fraction of sp³-hybridized carbons (Fsp3) is 0.0500. The van der Waals surface area contributed by atoms with Crippen LogP contribution in [0.3, 0.4) is 0 Å². The fourth-order valence-electron chi connectivity index (χ4n) is 8.86. The van der Waals surface area contributed by atoms with Crippen molar-refractivity contribution < 1.29 is 0 Å². The van der Waals surface area contributed by atoms with Gasteiger partial charge in [-0.25, -0.2) is 0 Å². The lowest BCUT2D eigenvalue weighted by Gasteiger charge is -2.40. The quantitative estimate of drug-likeness (QED) is 0.143. The lowest BCUT2D eigenvalue weighted by Crippen LogP contribution is -2.29. The maximum absolute atomic E-state index is 2.51. The van der Waals surface area contributed by atoms with Gasteiger partial charge in [-0.15, -0.1) is 0 Å². The van der Waals surface area contributed by atoms with Crippen LogP contribution in [0, 0.1) is 0 Å². The molecule has 0 saturated heterocycles. The second kappa shape index (κ2) is 6.61. The van der Waals surface area contributed by atoms with Crippen LogP contribution in [0.2, 0.25) is 0 Å². The van der Waals surface area contributed by atoms with Crippen molar-refractivity contribution in [2.24, 2.45) is 0 Å². The van der Waals surface area contributed by atoms with Crippen LogP contribution in [0.25, 0.3) is 82.4 Å².